The fourth-order valence-electron chi connectivity index (χ4n) is 4.70. The van der Waals surface area contributed by atoms with Crippen molar-refractivity contribution in [1.82, 2.24) is 4.90 Å². The summed E-state index contributed by atoms with van der Waals surface area (Å²) in [4.78, 5) is 15.2. The maximum absolute atomic E-state index is 14.3. The number of esters is 1. The van der Waals surface area contributed by atoms with E-state index in [-0.39, 0.29) is 11.4 Å². The lowest BCUT2D eigenvalue weighted by atomic mass is 9.96. The van der Waals surface area contributed by atoms with Crippen molar-refractivity contribution in [2.24, 2.45) is 0 Å². The van der Waals surface area contributed by atoms with E-state index >= 15 is 0 Å². The molecule has 0 saturated carbocycles. The van der Waals surface area contributed by atoms with Gasteiger partial charge < -0.3 is 9.64 Å². The molecule has 0 aromatic heterocycles. The number of allylic oxidation sites excluding steroid dienone is 4. The first-order chi connectivity index (χ1) is 18.0. The molecule has 1 aliphatic heterocycles. The number of hydrogen-bond donors (Lipinski definition) is 0. The topological polar surface area (TPSA) is 80.8 Å². The molecule has 3 aromatic rings. The molecule has 0 fully saturated rings. The Kier molecular flexibility index (Phi) is 7.03. The van der Waals surface area contributed by atoms with E-state index in [2.05, 4.69) is 0 Å². The van der Waals surface area contributed by atoms with Crippen molar-refractivity contribution >= 4 is 37.5 Å². The number of methoxy groups -OCH3 is 1. The summed E-state index contributed by atoms with van der Waals surface area (Å²) in [6, 6.07) is 25.6. The highest BCUT2D eigenvalue weighted by molar-refractivity contribution is 7.86. The van der Waals surface area contributed by atoms with Gasteiger partial charge in [-0.05, 0) is 41.5 Å². The minimum atomic E-state index is -2.52. The number of ether oxygens (including phenoxy) is 1. The van der Waals surface area contributed by atoms with E-state index in [0.29, 0.717) is 32.9 Å². The Morgan fingerprint density at radius 2 is 1.54 bits per heavy atom. The van der Waals surface area contributed by atoms with E-state index in [4.69, 9.17) is 4.74 Å². The normalized spacial score (nSPS) is 17.3. The van der Waals surface area contributed by atoms with Gasteiger partial charge in [0.15, 0.2) is 0 Å². The third-order valence-electron chi connectivity index (χ3n) is 6.32. The summed E-state index contributed by atoms with van der Waals surface area (Å²) in [6.45, 7) is 0.215. The predicted molar refractivity (Wildman–Crippen MR) is 144 cm³/mol. The summed E-state index contributed by atoms with van der Waals surface area (Å²) in [7, 11) is -2.78. The van der Waals surface area contributed by atoms with Gasteiger partial charge in [0.1, 0.15) is 10.2 Å². The third-order valence-corrected chi connectivity index (χ3v) is 8.65. The molecule has 8 heteroatoms. The molecule has 0 N–H and O–H groups in total. The van der Waals surface area contributed by atoms with Crippen LogP contribution in [0, 0.1) is 0 Å². The van der Waals surface area contributed by atoms with Gasteiger partial charge in [-0.25, -0.2) is 4.79 Å². The molecule has 37 heavy (non-hydrogen) atoms. The lowest BCUT2D eigenvalue weighted by Crippen LogP contribution is -2.34. The fourth-order valence-corrected chi connectivity index (χ4v) is 6.85. The average molecular weight is 530 g/mol. The number of fused-ring (bicyclic) bond motifs is 1. The first-order valence-corrected chi connectivity index (χ1v) is 13.8. The van der Waals surface area contributed by atoms with Gasteiger partial charge in [-0.2, -0.15) is 8.42 Å². The van der Waals surface area contributed by atoms with Crippen LogP contribution in [0.3, 0.4) is 0 Å². The largest absolute Gasteiger partial charge is 0.465 e. The lowest BCUT2D eigenvalue weighted by molar-refractivity contribution is 0.0598. The monoisotopic (exact) mass is 529 g/mol. The van der Waals surface area contributed by atoms with Crippen molar-refractivity contribution in [1.29, 1.82) is 0 Å². The highest BCUT2D eigenvalue weighted by Crippen LogP contribution is 2.45. The van der Waals surface area contributed by atoms with E-state index in [9.17, 15) is 17.4 Å². The van der Waals surface area contributed by atoms with Gasteiger partial charge in [0, 0.05) is 28.3 Å². The molecule has 0 radical (unpaired) electrons. The molecule has 0 amide bonds. The van der Waals surface area contributed by atoms with Crippen LogP contribution in [0.4, 0.5) is 0 Å². The highest BCUT2D eigenvalue weighted by Gasteiger charge is 2.43. The number of nitrogens with zero attached hydrogens (tertiary/aromatic N) is 1. The molecular weight excluding hydrogens is 506 g/mol. The molecule has 186 valence electrons. The molecule has 5 rings (SSSR count). The van der Waals surface area contributed by atoms with Crippen LogP contribution in [-0.4, -0.2) is 40.8 Å². The first kappa shape index (κ1) is 24.7. The Bertz CT molecular complexity index is 1610. The van der Waals surface area contributed by atoms with Gasteiger partial charge in [0.2, 0.25) is 10.3 Å². The molecule has 0 saturated heterocycles. The van der Waals surface area contributed by atoms with Crippen LogP contribution >= 0.6 is 0 Å². The van der Waals surface area contributed by atoms with Gasteiger partial charge in [0.25, 0.3) is 0 Å². The number of carbonyl (C=O) groups is 1. The summed E-state index contributed by atoms with van der Waals surface area (Å²) in [5, 5.41) is -0.713. The smallest absolute Gasteiger partial charge is 0.338 e. The lowest BCUT2D eigenvalue weighted by Gasteiger charge is -2.30. The van der Waals surface area contributed by atoms with E-state index in [1.807, 2.05) is 71.6 Å². The zero-order valence-electron chi connectivity index (χ0n) is 19.9. The SMILES string of the molecule is COC(=O)c1ccccc1CN1C2=CC=CC(=S(=O)=O)C2=C(c2ccccc2)C1S(=O)c1ccccc1. The van der Waals surface area contributed by atoms with Crippen LogP contribution in [0.1, 0.15) is 21.5 Å². The number of carbonyl (C=O) groups excluding carboxylic acids is 1. The van der Waals surface area contributed by atoms with Gasteiger partial charge in [-0.15, -0.1) is 0 Å². The summed E-state index contributed by atoms with van der Waals surface area (Å²) >= 11 is 0. The van der Waals surface area contributed by atoms with Crippen LogP contribution in [0.25, 0.3) is 5.57 Å². The summed E-state index contributed by atoms with van der Waals surface area (Å²) in [5.74, 6) is -0.475. The zero-order chi connectivity index (χ0) is 25.9. The van der Waals surface area contributed by atoms with Crippen LogP contribution in [0.15, 0.2) is 119 Å². The van der Waals surface area contributed by atoms with Gasteiger partial charge >= 0.3 is 5.97 Å². The zero-order valence-corrected chi connectivity index (χ0v) is 21.5. The molecule has 6 nitrogen and oxygen atoms in total. The van der Waals surface area contributed by atoms with Crippen molar-refractivity contribution in [3.05, 3.63) is 131 Å². The van der Waals surface area contributed by atoms with Crippen molar-refractivity contribution < 1.29 is 22.2 Å². The summed E-state index contributed by atoms with van der Waals surface area (Å²) < 4.78 is 44.0. The minimum absolute atomic E-state index is 0.134. The van der Waals surface area contributed by atoms with E-state index in [1.54, 1.807) is 36.4 Å². The molecule has 2 atom stereocenters. The summed E-state index contributed by atoms with van der Waals surface area (Å²) in [5.41, 5.74) is 3.67. The van der Waals surface area contributed by atoms with Gasteiger partial charge in [-0.3, -0.25) is 4.21 Å². The second-order valence-corrected chi connectivity index (χ2v) is 10.8. The molecule has 1 heterocycles. The van der Waals surface area contributed by atoms with E-state index in [1.165, 1.54) is 7.11 Å². The second kappa shape index (κ2) is 10.5. The molecular formula is C29H23NO5S2. The Morgan fingerprint density at radius 3 is 2.22 bits per heavy atom. The third kappa shape index (κ3) is 4.61. The first-order valence-electron chi connectivity index (χ1n) is 11.5. The number of hydrogen-bond acceptors (Lipinski definition) is 6. The maximum atomic E-state index is 14.3. The number of rotatable bonds is 6. The van der Waals surface area contributed by atoms with Crippen molar-refractivity contribution in [3.8, 4) is 0 Å². The average Bonchev–Trinajstić information content (AvgIpc) is 3.27. The Morgan fingerprint density at radius 1 is 0.892 bits per heavy atom. The van der Waals surface area contributed by atoms with E-state index < -0.39 is 32.4 Å². The molecule has 0 bridgehead atoms. The van der Waals surface area contributed by atoms with Crippen molar-refractivity contribution in [2.75, 3.05) is 7.11 Å². The second-order valence-electron chi connectivity index (χ2n) is 8.40. The molecule has 0 spiro atoms. The predicted octanol–water partition coefficient (Wildman–Crippen LogP) is 4.38. The Labute approximate surface area is 219 Å². The molecule has 2 aliphatic rings. The molecule has 3 aromatic carbocycles. The minimum Gasteiger partial charge on any atom is -0.465 e. The summed E-state index contributed by atoms with van der Waals surface area (Å²) in [6.07, 6.45) is 5.07. The van der Waals surface area contributed by atoms with Gasteiger partial charge in [0.05, 0.1) is 23.5 Å². The van der Waals surface area contributed by atoms with Crippen molar-refractivity contribution in [3.63, 3.8) is 0 Å². The van der Waals surface area contributed by atoms with Crippen LogP contribution in [0.5, 0.6) is 0 Å². The maximum Gasteiger partial charge on any atom is 0.338 e. The quantitative estimate of drug-likeness (QED) is 0.348. The standard InChI is InChI=1S/C29H23NO5S2/c1-35-29(31)23-16-9-8-13-21(23)19-30-24-17-10-18-25(37(33)34)27(24)26(20-11-4-2-5-12-20)28(30)36(32)22-14-6-3-7-15-22/h2-18,28H,19H2,1H3. The highest BCUT2D eigenvalue weighted by atomic mass is 32.2. The van der Waals surface area contributed by atoms with E-state index in [0.717, 1.165) is 5.56 Å². The van der Waals surface area contributed by atoms with Crippen LogP contribution < -0.4 is 0 Å². The Hall–Kier alpha value is -4.01. The molecule has 2 unspecified atom stereocenters. The Balaban J connectivity index is 1.76. The van der Waals surface area contributed by atoms with Crippen LogP contribution in [-0.2, 0) is 32.4 Å². The molecule has 1 aliphatic carbocycles. The fraction of sp³-hybridized carbons (Fsp3) is 0.103. The van der Waals surface area contributed by atoms with Gasteiger partial charge in [-0.1, -0.05) is 72.8 Å². The van der Waals surface area contributed by atoms with Crippen LogP contribution in [0.2, 0.25) is 0 Å². The van der Waals surface area contributed by atoms with Crippen molar-refractivity contribution in [2.45, 2.75) is 16.8 Å². The number of benzene rings is 3.